The van der Waals surface area contributed by atoms with Crippen molar-refractivity contribution in [3.63, 3.8) is 0 Å². The average Bonchev–Trinajstić information content (AvgIpc) is 2.77. The molecule has 0 spiro atoms. The second-order valence-corrected chi connectivity index (χ2v) is 4.57. The first-order valence-electron chi connectivity index (χ1n) is 5.96. The third-order valence-electron chi connectivity index (χ3n) is 2.33. The number of aromatic nitrogens is 1. The number of ether oxygens (including phenoxy) is 1. The summed E-state index contributed by atoms with van der Waals surface area (Å²) in [4.78, 5) is 11.7. The Bertz CT molecular complexity index is 583. The summed E-state index contributed by atoms with van der Waals surface area (Å²) in [5.41, 5.74) is 0. The zero-order valence-electron chi connectivity index (χ0n) is 11.0. The van der Waals surface area contributed by atoms with Crippen molar-refractivity contribution in [2.45, 2.75) is 20.1 Å². The summed E-state index contributed by atoms with van der Waals surface area (Å²) in [6, 6.07) is 8.05. The van der Waals surface area contributed by atoms with Gasteiger partial charge < -0.3 is 14.6 Å². The van der Waals surface area contributed by atoms with Gasteiger partial charge in [0.15, 0.2) is 12.0 Å². The van der Waals surface area contributed by atoms with Crippen molar-refractivity contribution >= 4 is 23.4 Å². The molecule has 1 atom stereocenters. The molecule has 1 heterocycles. The number of nitrogens with one attached hydrogen (secondary N) is 2. The maximum atomic E-state index is 11.7. The molecule has 2 rings (SSSR count). The summed E-state index contributed by atoms with van der Waals surface area (Å²) >= 11 is 5.77. The van der Waals surface area contributed by atoms with Gasteiger partial charge in [-0.2, -0.15) is 0 Å². The minimum absolute atomic E-state index is 0.346. The molecule has 2 N–H and O–H groups in total. The molecule has 0 aliphatic heterocycles. The van der Waals surface area contributed by atoms with E-state index in [4.69, 9.17) is 20.9 Å². The number of anilines is 1. The van der Waals surface area contributed by atoms with E-state index < -0.39 is 12.3 Å². The van der Waals surface area contributed by atoms with Crippen molar-refractivity contribution in [2.24, 2.45) is 0 Å². The molecule has 6 nitrogen and oxygen atoms in total. The SMILES string of the molecule is Cc1cc(NC(=O)NC(C)Oc2ccc(Cl)cc2)no1. The lowest BCUT2D eigenvalue weighted by molar-refractivity contribution is 0.183. The second-order valence-electron chi connectivity index (χ2n) is 4.14. The highest BCUT2D eigenvalue weighted by Crippen LogP contribution is 2.16. The summed E-state index contributed by atoms with van der Waals surface area (Å²) in [6.45, 7) is 3.45. The Hall–Kier alpha value is -2.21. The first-order chi connectivity index (χ1) is 9.52. The fourth-order valence-corrected chi connectivity index (χ4v) is 1.64. The van der Waals surface area contributed by atoms with Crippen LogP contribution in [-0.2, 0) is 0 Å². The van der Waals surface area contributed by atoms with E-state index in [0.717, 1.165) is 0 Å². The number of aryl methyl sites for hydroxylation is 1. The number of amides is 2. The third kappa shape index (κ3) is 4.17. The minimum atomic E-state index is -0.510. The Labute approximate surface area is 121 Å². The Morgan fingerprint density at radius 3 is 2.70 bits per heavy atom. The number of carbonyl (C=O) groups is 1. The van der Waals surface area contributed by atoms with Gasteiger partial charge in [-0.1, -0.05) is 16.8 Å². The van der Waals surface area contributed by atoms with Gasteiger partial charge in [-0.3, -0.25) is 5.32 Å². The minimum Gasteiger partial charge on any atom is -0.471 e. The van der Waals surface area contributed by atoms with Gasteiger partial charge in [0, 0.05) is 11.1 Å². The van der Waals surface area contributed by atoms with Gasteiger partial charge in [0.05, 0.1) is 0 Å². The summed E-state index contributed by atoms with van der Waals surface area (Å²) < 4.78 is 10.3. The van der Waals surface area contributed by atoms with Crippen LogP contribution in [-0.4, -0.2) is 17.4 Å². The van der Waals surface area contributed by atoms with Gasteiger partial charge in [-0.05, 0) is 38.1 Å². The van der Waals surface area contributed by atoms with Crippen LogP contribution in [0.2, 0.25) is 5.02 Å². The molecule has 0 aliphatic rings. The molecular formula is C13H14ClN3O3. The topological polar surface area (TPSA) is 76.4 Å². The van der Waals surface area contributed by atoms with Gasteiger partial charge in [0.2, 0.25) is 0 Å². The number of carbonyl (C=O) groups excluding carboxylic acids is 1. The zero-order valence-corrected chi connectivity index (χ0v) is 11.8. The van der Waals surface area contributed by atoms with Crippen molar-refractivity contribution in [1.29, 1.82) is 0 Å². The molecule has 106 valence electrons. The molecule has 20 heavy (non-hydrogen) atoms. The molecule has 0 aliphatic carbocycles. The van der Waals surface area contributed by atoms with Crippen molar-refractivity contribution < 1.29 is 14.1 Å². The van der Waals surface area contributed by atoms with Crippen LogP contribution in [0.15, 0.2) is 34.9 Å². The molecule has 0 saturated heterocycles. The van der Waals surface area contributed by atoms with Crippen molar-refractivity contribution in [3.8, 4) is 5.75 Å². The maximum absolute atomic E-state index is 11.7. The molecule has 1 aromatic heterocycles. The molecular weight excluding hydrogens is 282 g/mol. The number of urea groups is 1. The van der Waals surface area contributed by atoms with Crippen LogP contribution in [0.5, 0.6) is 5.75 Å². The van der Waals surface area contributed by atoms with E-state index >= 15 is 0 Å². The highest BCUT2D eigenvalue weighted by atomic mass is 35.5. The third-order valence-corrected chi connectivity index (χ3v) is 2.58. The fraction of sp³-hybridized carbons (Fsp3) is 0.231. The first-order valence-corrected chi connectivity index (χ1v) is 6.34. The lowest BCUT2D eigenvalue weighted by Gasteiger charge is -2.16. The largest absolute Gasteiger partial charge is 0.471 e. The molecule has 2 aromatic rings. The molecule has 2 amide bonds. The van der Waals surface area contributed by atoms with E-state index in [1.165, 1.54) is 0 Å². The van der Waals surface area contributed by atoms with Crippen LogP contribution >= 0.6 is 11.6 Å². The molecule has 1 aromatic carbocycles. The lowest BCUT2D eigenvalue weighted by Crippen LogP contribution is -2.39. The van der Waals surface area contributed by atoms with E-state index in [1.54, 1.807) is 44.2 Å². The molecule has 0 bridgehead atoms. The van der Waals surface area contributed by atoms with Crippen molar-refractivity contribution in [3.05, 3.63) is 41.1 Å². The standard InChI is InChI=1S/C13H14ClN3O3/c1-8-7-12(17-20-8)16-13(18)15-9(2)19-11-5-3-10(14)4-6-11/h3-7,9H,1-2H3,(H2,15,16,17,18). The smallest absolute Gasteiger partial charge is 0.323 e. The van der Waals surface area contributed by atoms with Crippen LogP contribution in [0.1, 0.15) is 12.7 Å². The monoisotopic (exact) mass is 295 g/mol. The Morgan fingerprint density at radius 2 is 2.10 bits per heavy atom. The van der Waals surface area contributed by atoms with Gasteiger partial charge in [-0.15, -0.1) is 0 Å². The van der Waals surface area contributed by atoms with E-state index in [-0.39, 0.29) is 0 Å². The summed E-state index contributed by atoms with van der Waals surface area (Å²) in [7, 11) is 0. The van der Waals surface area contributed by atoms with Gasteiger partial charge in [-0.25, -0.2) is 4.79 Å². The average molecular weight is 296 g/mol. The van der Waals surface area contributed by atoms with E-state index in [0.29, 0.717) is 22.4 Å². The molecule has 0 fully saturated rings. The Kier molecular flexibility index (Phi) is 4.47. The van der Waals surface area contributed by atoms with Crippen molar-refractivity contribution in [2.75, 3.05) is 5.32 Å². The zero-order chi connectivity index (χ0) is 14.5. The summed E-state index contributed by atoms with van der Waals surface area (Å²) in [6.07, 6.45) is -0.510. The fourth-order valence-electron chi connectivity index (χ4n) is 1.51. The molecule has 1 unspecified atom stereocenters. The number of rotatable bonds is 4. The van der Waals surface area contributed by atoms with Crippen LogP contribution in [0, 0.1) is 6.92 Å². The van der Waals surface area contributed by atoms with Crippen LogP contribution in [0.3, 0.4) is 0 Å². The highest BCUT2D eigenvalue weighted by Gasteiger charge is 2.10. The molecule has 0 saturated carbocycles. The molecule has 0 radical (unpaired) electrons. The normalized spacial score (nSPS) is 11.8. The summed E-state index contributed by atoms with van der Waals surface area (Å²) in [5, 5.41) is 9.42. The predicted molar refractivity (Wildman–Crippen MR) is 74.9 cm³/mol. The van der Waals surface area contributed by atoms with Crippen LogP contribution in [0.4, 0.5) is 10.6 Å². The number of hydrogen-bond acceptors (Lipinski definition) is 4. The Balaban J connectivity index is 1.83. The van der Waals surface area contributed by atoms with E-state index in [2.05, 4.69) is 15.8 Å². The van der Waals surface area contributed by atoms with Gasteiger partial charge >= 0.3 is 6.03 Å². The van der Waals surface area contributed by atoms with Crippen LogP contribution in [0.25, 0.3) is 0 Å². The van der Waals surface area contributed by atoms with Crippen molar-refractivity contribution in [1.82, 2.24) is 10.5 Å². The van der Waals surface area contributed by atoms with Crippen LogP contribution < -0.4 is 15.4 Å². The molecule has 7 heteroatoms. The van der Waals surface area contributed by atoms with E-state index in [9.17, 15) is 4.79 Å². The number of hydrogen-bond donors (Lipinski definition) is 2. The number of halogens is 1. The predicted octanol–water partition coefficient (Wildman–Crippen LogP) is 3.18. The quantitative estimate of drug-likeness (QED) is 0.849. The van der Waals surface area contributed by atoms with E-state index in [1.807, 2.05) is 0 Å². The second kappa shape index (κ2) is 6.29. The number of benzene rings is 1. The highest BCUT2D eigenvalue weighted by molar-refractivity contribution is 6.30. The van der Waals surface area contributed by atoms with Gasteiger partial charge in [0.1, 0.15) is 11.5 Å². The number of nitrogens with zero attached hydrogens (tertiary/aromatic N) is 1. The van der Waals surface area contributed by atoms with Gasteiger partial charge in [0.25, 0.3) is 0 Å². The maximum Gasteiger partial charge on any atom is 0.323 e. The lowest BCUT2D eigenvalue weighted by atomic mass is 10.3. The first kappa shape index (κ1) is 14.2. The summed E-state index contributed by atoms with van der Waals surface area (Å²) in [5.74, 6) is 1.57. The Morgan fingerprint density at radius 1 is 1.40 bits per heavy atom.